The lowest BCUT2D eigenvalue weighted by Gasteiger charge is -1.98. The number of esters is 1. The summed E-state index contributed by atoms with van der Waals surface area (Å²) in [6.07, 6.45) is 3.35. The molecule has 2 N–H and O–H groups in total. The number of thiazole rings is 1. The molecule has 0 aliphatic rings. The Balaban J connectivity index is 2.16. The summed E-state index contributed by atoms with van der Waals surface area (Å²) in [7, 11) is 0. The van der Waals surface area contributed by atoms with E-state index in [2.05, 4.69) is 20.5 Å². The number of carbonyl (C=O) groups excluding carboxylic acids is 1. The molecule has 2 rings (SSSR count). The summed E-state index contributed by atoms with van der Waals surface area (Å²) in [6, 6.07) is 0. The number of aryl methyl sites for hydroxylation is 1. The number of aromatic amines is 1. The highest BCUT2D eigenvalue weighted by molar-refractivity contribution is 7.15. The third-order valence-electron chi connectivity index (χ3n) is 2.01. The van der Waals surface area contributed by atoms with E-state index in [1.165, 1.54) is 11.3 Å². The minimum Gasteiger partial charge on any atom is -0.461 e. The summed E-state index contributed by atoms with van der Waals surface area (Å²) in [5, 5.41) is 10.2. The van der Waals surface area contributed by atoms with Gasteiger partial charge >= 0.3 is 5.97 Å². The van der Waals surface area contributed by atoms with Crippen molar-refractivity contribution in [3.8, 4) is 0 Å². The van der Waals surface area contributed by atoms with Gasteiger partial charge in [-0.15, -0.1) is 11.3 Å². The van der Waals surface area contributed by atoms with Gasteiger partial charge in [-0.3, -0.25) is 5.10 Å². The van der Waals surface area contributed by atoms with Crippen LogP contribution in [0.5, 0.6) is 0 Å². The lowest BCUT2D eigenvalue weighted by atomic mass is 10.4. The van der Waals surface area contributed by atoms with E-state index in [1.807, 2.05) is 6.92 Å². The molecule has 0 aromatic carbocycles. The third kappa shape index (κ3) is 2.62. The van der Waals surface area contributed by atoms with Crippen LogP contribution in [0.3, 0.4) is 0 Å². The highest BCUT2D eigenvalue weighted by Crippen LogP contribution is 2.25. The molecule has 0 saturated carbocycles. The van der Waals surface area contributed by atoms with Crippen LogP contribution in [-0.4, -0.2) is 27.8 Å². The normalized spacial score (nSPS) is 10.2. The van der Waals surface area contributed by atoms with Gasteiger partial charge in [0.05, 0.1) is 18.5 Å². The molecule has 17 heavy (non-hydrogen) atoms. The number of H-pyrrole nitrogens is 1. The summed E-state index contributed by atoms with van der Waals surface area (Å²) in [6.45, 7) is 3.95. The van der Waals surface area contributed by atoms with E-state index in [0.717, 1.165) is 10.6 Å². The standard InChI is InChI=1S/C10H12N4O2S/c1-3-16-9(15)8-6(2)17-10(14-8)13-7-4-11-12-5-7/h4-5H,3H2,1-2H3,(H,11,12)(H,13,14). The highest BCUT2D eigenvalue weighted by atomic mass is 32.1. The van der Waals surface area contributed by atoms with Crippen molar-refractivity contribution in [2.45, 2.75) is 13.8 Å². The first-order chi connectivity index (χ1) is 8.20. The SMILES string of the molecule is CCOC(=O)c1nc(Nc2cn[nH]c2)sc1C. The van der Waals surface area contributed by atoms with Gasteiger partial charge in [0.2, 0.25) is 0 Å². The third-order valence-corrected chi connectivity index (χ3v) is 2.90. The summed E-state index contributed by atoms with van der Waals surface area (Å²) in [5.41, 5.74) is 1.16. The second kappa shape index (κ2) is 4.96. The zero-order valence-corrected chi connectivity index (χ0v) is 10.3. The van der Waals surface area contributed by atoms with Crippen LogP contribution in [0.25, 0.3) is 0 Å². The molecule has 0 bridgehead atoms. The summed E-state index contributed by atoms with van der Waals surface area (Å²) < 4.78 is 4.92. The topological polar surface area (TPSA) is 79.9 Å². The van der Waals surface area contributed by atoms with Crippen molar-refractivity contribution in [3.05, 3.63) is 23.0 Å². The molecule has 6 nitrogen and oxygen atoms in total. The summed E-state index contributed by atoms with van der Waals surface area (Å²) in [4.78, 5) is 16.6. The zero-order valence-electron chi connectivity index (χ0n) is 9.48. The second-order valence-electron chi connectivity index (χ2n) is 3.26. The Bertz CT molecular complexity index is 506. The number of hydrogen-bond donors (Lipinski definition) is 2. The summed E-state index contributed by atoms with van der Waals surface area (Å²) in [5.74, 6) is -0.388. The van der Waals surface area contributed by atoms with Crippen LogP contribution in [0.2, 0.25) is 0 Å². The first-order valence-electron chi connectivity index (χ1n) is 5.11. The van der Waals surface area contributed by atoms with E-state index >= 15 is 0 Å². The van der Waals surface area contributed by atoms with E-state index < -0.39 is 0 Å². The van der Waals surface area contributed by atoms with E-state index in [0.29, 0.717) is 17.4 Å². The number of nitrogens with zero attached hydrogens (tertiary/aromatic N) is 2. The molecule has 0 saturated heterocycles. The molecular weight excluding hydrogens is 240 g/mol. The Morgan fingerprint density at radius 2 is 2.47 bits per heavy atom. The van der Waals surface area contributed by atoms with E-state index in [-0.39, 0.29) is 5.97 Å². The largest absolute Gasteiger partial charge is 0.461 e. The van der Waals surface area contributed by atoms with Crippen molar-refractivity contribution in [1.82, 2.24) is 15.2 Å². The Morgan fingerprint density at radius 1 is 1.65 bits per heavy atom. The first-order valence-corrected chi connectivity index (χ1v) is 5.92. The minimum atomic E-state index is -0.388. The van der Waals surface area contributed by atoms with Gasteiger partial charge in [-0.1, -0.05) is 0 Å². The maximum atomic E-state index is 11.6. The van der Waals surface area contributed by atoms with Crippen LogP contribution < -0.4 is 5.32 Å². The quantitative estimate of drug-likeness (QED) is 0.814. The van der Waals surface area contributed by atoms with Crippen molar-refractivity contribution >= 4 is 28.1 Å². The fourth-order valence-corrected chi connectivity index (χ4v) is 2.10. The molecule has 0 aliphatic heterocycles. The van der Waals surface area contributed by atoms with Gasteiger partial charge < -0.3 is 10.1 Å². The molecule has 0 spiro atoms. The highest BCUT2D eigenvalue weighted by Gasteiger charge is 2.16. The van der Waals surface area contributed by atoms with Gasteiger partial charge in [0.1, 0.15) is 0 Å². The molecule has 90 valence electrons. The number of ether oxygens (including phenoxy) is 1. The Morgan fingerprint density at radius 3 is 3.12 bits per heavy atom. The molecule has 2 heterocycles. The molecule has 0 amide bonds. The molecular formula is C10H12N4O2S. The monoisotopic (exact) mass is 252 g/mol. The van der Waals surface area contributed by atoms with Gasteiger partial charge in [-0.2, -0.15) is 5.10 Å². The second-order valence-corrected chi connectivity index (χ2v) is 4.46. The number of nitrogens with one attached hydrogen (secondary N) is 2. The molecule has 0 unspecified atom stereocenters. The van der Waals surface area contributed by atoms with Crippen LogP contribution in [0, 0.1) is 6.92 Å². The molecule has 0 radical (unpaired) electrons. The van der Waals surface area contributed by atoms with Gasteiger partial charge in [0.15, 0.2) is 10.8 Å². The van der Waals surface area contributed by atoms with E-state index in [9.17, 15) is 4.79 Å². The van der Waals surface area contributed by atoms with E-state index in [1.54, 1.807) is 19.3 Å². The Kier molecular flexibility index (Phi) is 3.38. The maximum Gasteiger partial charge on any atom is 0.358 e. The van der Waals surface area contributed by atoms with Crippen molar-refractivity contribution in [2.24, 2.45) is 0 Å². The number of rotatable bonds is 4. The van der Waals surface area contributed by atoms with Gasteiger partial charge in [0, 0.05) is 11.1 Å². The first kappa shape index (κ1) is 11.6. The average molecular weight is 252 g/mol. The summed E-state index contributed by atoms with van der Waals surface area (Å²) >= 11 is 1.40. The number of anilines is 2. The molecule has 0 atom stereocenters. The van der Waals surface area contributed by atoms with Crippen molar-refractivity contribution in [2.75, 3.05) is 11.9 Å². The number of hydrogen-bond acceptors (Lipinski definition) is 6. The van der Waals surface area contributed by atoms with Crippen LogP contribution in [-0.2, 0) is 4.74 Å². The molecule has 0 fully saturated rings. The number of carbonyl (C=O) groups is 1. The fraction of sp³-hybridized carbons (Fsp3) is 0.300. The molecule has 0 aliphatic carbocycles. The fourth-order valence-electron chi connectivity index (χ4n) is 1.28. The van der Waals surface area contributed by atoms with Crippen molar-refractivity contribution < 1.29 is 9.53 Å². The van der Waals surface area contributed by atoms with Crippen molar-refractivity contribution in [1.29, 1.82) is 0 Å². The number of aromatic nitrogens is 3. The molecule has 2 aromatic heterocycles. The minimum absolute atomic E-state index is 0.348. The van der Waals surface area contributed by atoms with Crippen LogP contribution in [0.4, 0.5) is 10.8 Å². The van der Waals surface area contributed by atoms with Gasteiger partial charge in [-0.05, 0) is 13.8 Å². The lowest BCUT2D eigenvalue weighted by Crippen LogP contribution is -2.06. The van der Waals surface area contributed by atoms with E-state index in [4.69, 9.17) is 4.74 Å². The van der Waals surface area contributed by atoms with Crippen molar-refractivity contribution in [3.63, 3.8) is 0 Å². The van der Waals surface area contributed by atoms with Crippen LogP contribution in [0.1, 0.15) is 22.3 Å². The van der Waals surface area contributed by atoms with Crippen LogP contribution in [0.15, 0.2) is 12.4 Å². The molecule has 2 aromatic rings. The predicted molar refractivity (Wildman–Crippen MR) is 64.7 cm³/mol. The molecule has 7 heteroatoms. The Labute approximate surface area is 102 Å². The van der Waals surface area contributed by atoms with Crippen LogP contribution >= 0.6 is 11.3 Å². The van der Waals surface area contributed by atoms with Gasteiger partial charge in [0.25, 0.3) is 0 Å². The zero-order chi connectivity index (χ0) is 12.3. The maximum absolute atomic E-state index is 11.6. The van der Waals surface area contributed by atoms with Gasteiger partial charge in [-0.25, -0.2) is 9.78 Å². The smallest absolute Gasteiger partial charge is 0.358 e. The lowest BCUT2D eigenvalue weighted by molar-refractivity contribution is 0.0519. The predicted octanol–water partition coefficient (Wildman–Crippen LogP) is 2.09. The average Bonchev–Trinajstić information content (AvgIpc) is 2.89. The Hall–Kier alpha value is -1.89.